The Morgan fingerprint density at radius 3 is 2.44 bits per heavy atom. The van der Waals surface area contributed by atoms with E-state index < -0.39 is 0 Å². The van der Waals surface area contributed by atoms with Crippen LogP contribution in [0.2, 0.25) is 0 Å². The molecule has 1 heterocycles. The molecule has 0 radical (unpaired) electrons. The van der Waals surface area contributed by atoms with Gasteiger partial charge in [-0.05, 0) is 61.4 Å². The summed E-state index contributed by atoms with van der Waals surface area (Å²) in [5, 5.41) is 5.09. The van der Waals surface area contributed by atoms with Crippen LogP contribution in [0.4, 0.5) is 0 Å². The number of hydrogen-bond acceptors (Lipinski definition) is 3. The fraction of sp³-hybridized carbons (Fsp3) is 0.476. The number of thiophene rings is 1. The minimum atomic E-state index is -0.0291. The number of halogens is 1. The summed E-state index contributed by atoms with van der Waals surface area (Å²) in [5.74, 6) is 0.796. The van der Waals surface area contributed by atoms with Gasteiger partial charge in [0.25, 0.3) is 5.91 Å². The topological polar surface area (TPSA) is 38.3 Å². The van der Waals surface area contributed by atoms with Crippen LogP contribution in [0.25, 0.3) is 0 Å². The van der Waals surface area contributed by atoms with Gasteiger partial charge in [-0.3, -0.25) is 4.79 Å². The molecule has 0 fully saturated rings. The van der Waals surface area contributed by atoms with E-state index in [1.807, 2.05) is 35.6 Å². The van der Waals surface area contributed by atoms with E-state index >= 15 is 0 Å². The van der Waals surface area contributed by atoms with Crippen LogP contribution in [0.1, 0.15) is 34.5 Å². The maximum absolute atomic E-state index is 12.1. The van der Waals surface area contributed by atoms with Crippen molar-refractivity contribution in [1.29, 1.82) is 0 Å². The van der Waals surface area contributed by atoms with Crippen LogP contribution >= 0.6 is 11.3 Å². The third-order valence-electron chi connectivity index (χ3n) is 4.10. The molecule has 2 aromatic rings. The lowest BCUT2D eigenvalue weighted by Gasteiger charge is -2.23. The van der Waals surface area contributed by atoms with Crippen LogP contribution in [0.3, 0.4) is 0 Å². The third kappa shape index (κ3) is 10.1. The van der Waals surface area contributed by atoms with Crippen LogP contribution in [-0.2, 0) is 6.42 Å². The Morgan fingerprint density at radius 1 is 1.07 bits per heavy atom. The van der Waals surface area contributed by atoms with E-state index in [0.29, 0.717) is 12.1 Å². The number of aryl methyl sites for hydroxylation is 1. The predicted molar refractivity (Wildman–Crippen MR) is 109 cm³/mol. The molecule has 27 heavy (non-hydrogen) atoms. The summed E-state index contributed by atoms with van der Waals surface area (Å²) >= 11 is 1.83. The second kappa shape index (κ2) is 12.4. The Hall–Kier alpha value is -1.12. The summed E-state index contributed by atoms with van der Waals surface area (Å²) in [7, 11) is 6.33. The van der Waals surface area contributed by atoms with Gasteiger partial charge in [0.15, 0.2) is 0 Å². The van der Waals surface area contributed by atoms with Crippen molar-refractivity contribution in [2.24, 2.45) is 0 Å². The highest BCUT2D eigenvalue weighted by Gasteiger charge is 2.09. The van der Waals surface area contributed by atoms with E-state index in [9.17, 15) is 4.79 Å². The molecule has 0 saturated carbocycles. The van der Waals surface area contributed by atoms with Gasteiger partial charge in [0.05, 0.1) is 40.8 Å². The van der Waals surface area contributed by atoms with Gasteiger partial charge in [0.1, 0.15) is 5.75 Å². The minimum absolute atomic E-state index is 0. The standard InChI is InChI=1S/C21H30N2O2S.HI/c1-23(2,3)15-14-22-21(24)18-10-12-19(13-11-18)25-16-6-4-5-8-20-9-7-17-26-20;/h7,9-13,17H,4-6,8,14-16H2,1-3H3;1H. The molecule has 0 bridgehead atoms. The van der Waals surface area contributed by atoms with Crippen molar-refractivity contribution in [2.75, 3.05) is 40.8 Å². The highest BCUT2D eigenvalue weighted by molar-refractivity contribution is 7.09. The summed E-state index contributed by atoms with van der Waals surface area (Å²) in [5.41, 5.74) is 0.676. The van der Waals surface area contributed by atoms with Crippen molar-refractivity contribution in [3.63, 3.8) is 0 Å². The molecule has 6 heteroatoms. The number of rotatable bonds is 11. The molecule has 1 N–H and O–H groups in total. The van der Waals surface area contributed by atoms with E-state index in [2.05, 4.69) is 44.0 Å². The largest absolute Gasteiger partial charge is 1.00 e. The van der Waals surface area contributed by atoms with Crippen molar-refractivity contribution in [1.82, 2.24) is 5.32 Å². The zero-order valence-corrected chi connectivity index (χ0v) is 19.5. The average molecular weight is 502 g/mol. The number of carbonyl (C=O) groups excluding carboxylic acids is 1. The third-order valence-corrected chi connectivity index (χ3v) is 5.04. The van der Waals surface area contributed by atoms with Crippen LogP contribution < -0.4 is 34.0 Å². The number of unbranched alkanes of at least 4 members (excludes halogenated alkanes) is 2. The number of quaternary nitrogens is 1. The first-order valence-electron chi connectivity index (χ1n) is 9.28. The minimum Gasteiger partial charge on any atom is -1.00 e. The van der Waals surface area contributed by atoms with E-state index in [-0.39, 0.29) is 29.9 Å². The SMILES string of the molecule is C[N+](C)(C)CCNC(=O)c1ccc(OCCCCCc2cccs2)cc1.[I-]. The number of ether oxygens (including phenoxy) is 1. The molecular formula is C21H31IN2O2S. The number of likely N-dealkylation sites (N-methyl/N-ethyl adjacent to an activating group) is 1. The molecule has 0 aliphatic heterocycles. The maximum Gasteiger partial charge on any atom is 0.251 e. The molecule has 0 aliphatic carbocycles. The summed E-state index contributed by atoms with van der Waals surface area (Å²) in [6.07, 6.45) is 4.59. The molecule has 0 saturated heterocycles. The fourth-order valence-electron chi connectivity index (χ4n) is 2.53. The van der Waals surface area contributed by atoms with E-state index in [0.717, 1.165) is 36.2 Å². The molecule has 1 amide bonds. The second-order valence-corrected chi connectivity index (χ2v) is 8.56. The smallest absolute Gasteiger partial charge is 0.251 e. The summed E-state index contributed by atoms with van der Waals surface area (Å²) in [4.78, 5) is 13.6. The fourth-order valence-corrected chi connectivity index (χ4v) is 3.28. The average Bonchev–Trinajstić information content (AvgIpc) is 3.10. The molecule has 1 aromatic carbocycles. The quantitative estimate of drug-likeness (QED) is 0.283. The first kappa shape index (κ1) is 23.9. The molecule has 0 unspecified atom stereocenters. The van der Waals surface area contributed by atoms with Gasteiger partial charge in [-0.2, -0.15) is 0 Å². The van der Waals surface area contributed by atoms with Gasteiger partial charge < -0.3 is 38.5 Å². The molecule has 0 atom stereocenters. The molecule has 150 valence electrons. The lowest BCUT2D eigenvalue weighted by molar-refractivity contribution is -0.869. The molecule has 0 spiro atoms. The van der Waals surface area contributed by atoms with Crippen molar-refractivity contribution >= 4 is 17.2 Å². The normalized spacial score (nSPS) is 10.9. The first-order valence-corrected chi connectivity index (χ1v) is 10.2. The van der Waals surface area contributed by atoms with E-state index in [1.165, 1.54) is 17.7 Å². The van der Waals surface area contributed by atoms with Crippen molar-refractivity contribution in [2.45, 2.75) is 25.7 Å². The molecule has 0 aliphatic rings. The van der Waals surface area contributed by atoms with Gasteiger partial charge in [-0.1, -0.05) is 6.07 Å². The van der Waals surface area contributed by atoms with Crippen LogP contribution in [0, 0.1) is 0 Å². The monoisotopic (exact) mass is 502 g/mol. The lowest BCUT2D eigenvalue weighted by atomic mass is 10.2. The Balaban J connectivity index is 0.00000364. The maximum atomic E-state index is 12.1. The van der Waals surface area contributed by atoms with Crippen molar-refractivity contribution in [3.05, 3.63) is 52.2 Å². The highest BCUT2D eigenvalue weighted by Crippen LogP contribution is 2.15. The Bertz CT molecular complexity index is 652. The first-order chi connectivity index (χ1) is 12.4. The van der Waals surface area contributed by atoms with Gasteiger partial charge >= 0.3 is 0 Å². The van der Waals surface area contributed by atoms with E-state index in [1.54, 1.807) is 0 Å². The number of nitrogens with zero attached hydrogens (tertiary/aromatic N) is 1. The second-order valence-electron chi connectivity index (χ2n) is 7.53. The van der Waals surface area contributed by atoms with E-state index in [4.69, 9.17) is 4.74 Å². The number of hydrogen-bond donors (Lipinski definition) is 1. The van der Waals surface area contributed by atoms with Gasteiger partial charge in [-0.25, -0.2) is 0 Å². The number of benzene rings is 1. The predicted octanol–water partition coefficient (Wildman–Crippen LogP) is 0.980. The van der Waals surface area contributed by atoms with Gasteiger partial charge in [0.2, 0.25) is 0 Å². The molecular weight excluding hydrogens is 471 g/mol. The Labute approximate surface area is 184 Å². The van der Waals surface area contributed by atoms with Crippen molar-refractivity contribution < 1.29 is 38.0 Å². The number of nitrogens with one attached hydrogen (secondary N) is 1. The Morgan fingerprint density at radius 2 is 1.81 bits per heavy atom. The number of carbonyl (C=O) groups is 1. The van der Waals surface area contributed by atoms with Gasteiger partial charge in [-0.15, -0.1) is 11.3 Å². The van der Waals surface area contributed by atoms with Gasteiger partial charge in [0, 0.05) is 10.4 Å². The zero-order chi connectivity index (χ0) is 18.8. The van der Waals surface area contributed by atoms with Crippen LogP contribution in [0.15, 0.2) is 41.8 Å². The highest BCUT2D eigenvalue weighted by atomic mass is 127. The van der Waals surface area contributed by atoms with Crippen LogP contribution in [-0.4, -0.2) is 51.2 Å². The zero-order valence-electron chi connectivity index (χ0n) is 16.5. The van der Waals surface area contributed by atoms with Crippen LogP contribution in [0.5, 0.6) is 5.75 Å². The summed E-state index contributed by atoms with van der Waals surface area (Å²) < 4.78 is 6.61. The molecule has 1 aromatic heterocycles. The lowest BCUT2D eigenvalue weighted by Crippen LogP contribution is -3.00. The summed E-state index contributed by atoms with van der Waals surface area (Å²) in [6.45, 7) is 2.30. The molecule has 4 nitrogen and oxygen atoms in total. The summed E-state index contributed by atoms with van der Waals surface area (Å²) in [6, 6.07) is 11.7. The Kier molecular flexibility index (Phi) is 10.9. The number of amides is 1. The van der Waals surface area contributed by atoms with Crippen molar-refractivity contribution in [3.8, 4) is 5.75 Å². The molecule has 2 rings (SSSR count).